The highest BCUT2D eigenvalue weighted by molar-refractivity contribution is 5.45. The number of methoxy groups -OCH3 is 1. The molecule has 0 saturated heterocycles. The number of ether oxygens (including phenoxy) is 2. The lowest BCUT2D eigenvalue weighted by Crippen LogP contribution is -2.19. The van der Waals surface area contributed by atoms with Crippen LogP contribution >= 0.6 is 0 Å². The molecule has 1 aromatic heterocycles. The first kappa shape index (κ1) is 12.5. The van der Waals surface area contributed by atoms with Crippen LogP contribution in [0.3, 0.4) is 0 Å². The minimum absolute atomic E-state index is 0.218. The van der Waals surface area contributed by atoms with Gasteiger partial charge in [-0.2, -0.15) is 0 Å². The van der Waals surface area contributed by atoms with Crippen molar-refractivity contribution >= 4 is 0 Å². The van der Waals surface area contributed by atoms with Gasteiger partial charge in [-0.25, -0.2) is 9.37 Å². The molecule has 0 aliphatic heterocycles. The summed E-state index contributed by atoms with van der Waals surface area (Å²) in [6.45, 7) is 0.348. The summed E-state index contributed by atoms with van der Waals surface area (Å²) >= 11 is 0. The molecule has 7 heteroatoms. The fourth-order valence-corrected chi connectivity index (χ4v) is 1.13. The Kier molecular flexibility index (Phi) is 3.56. The maximum Gasteiger partial charge on any atom is 0.573 e. The molecule has 0 amide bonds. The van der Waals surface area contributed by atoms with Gasteiger partial charge in [0.15, 0.2) is 5.75 Å². The van der Waals surface area contributed by atoms with E-state index < -0.39 is 24.7 Å². The summed E-state index contributed by atoms with van der Waals surface area (Å²) in [6.07, 6.45) is -3.69. The largest absolute Gasteiger partial charge is 0.573 e. The topological polar surface area (TPSA) is 31.4 Å². The van der Waals surface area contributed by atoms with Crippen LogP contribution < -0.4 is 9.47 Å². The fraction of sp³-hybridized carbons (Fsp3) is 0.444. The van der Waals surface area contributed by atoms with E-state index in [2.05, 4.69) is 14.5 Å². The first-order valence-corrected chi connectivity index (χ1v) is 4.23. The van der Waals surface area contributed by atoms with Gasteiger partial charge in [-0.05, 0) is 12.5 Å². The Balaban J connectivity index is 3.25. The number of rotatable bonds is 3. The second-order valence-corrected chi connectivity index (χ2v) is 2.94. The van der Waals surface area contributed by atoms with Gasteiger partial charge in [0.1, 0.15) is 6.67 Å². The van der Waals surface area contributed by atoms with Gasteiger partial charge in [0, 0.05) is 11.8 Å². The summed E-state index contributed by atoms with van der Waals surface area (Å²) in [5, 5.41) is 0. The lowest BCUT2D eigenvalue weighted by molar-refractivity contribution is -0.275. The van der Waals surface area contributed by atoms with Crippen LogP contribution in [0.15, 0.2) is 6.20 Å². The van der Waals surface area contributed by atoms with Crippen LogP contribution in [-0.2, 0) is 6.67 Å². The zero-order valence-electron chi connectivity index (χ0n) is 8.56. The maximum absolute atomic E-state index is 12.6. The molecule has 0 unspecified atom stereocenters. The van der Waals surface area contributed by atoms with Crippen molar-refractivity contribution in [2.75, 3.05) is 7.11 Å². The Hall–Kier alpha value is -1.53. The Labute approximate surface area is 89.0 Å². The van der Waals surface area contributed by atoms with E-state index in [1.54, 1.807) is 0 Å². The Morgan fingerprint density at radius 2 is 2.00 bits per heavy atom. The van der Waals surface area contributed by atoms with Crippen LogP contribution in [-0.4, -0.2) is 18.5 Å². The average Bonchev–Trinajstić information content (AvgIpc) is 2.16. The van der Waals surface area contributed by atoms with E-state index in [1.807, 2.05) is 0 Å². The van der Waals surface area contributed by atoms with Gasteiger partial charge >= 0.3 is 6.36 Å². The summed E-state index contributed by atoms with van der Waals surface area (Å²) in [5.74, 6) is -1.12. The normalized spacial score (nSPS) is 11.4. The van der Waals surface area contributed by atoms with Crippen LogP contribution in [0.25, 0.3) is 0 Å². The molecule has 0 fully saturated rings. The summed E-state index contributed by atoms with van der Waals surface area (Å²) in [6, 6.07) is 0. The van der Waals surface area contributed by atoms with Gasteiger partial charge in [0.2, 0.25) is 0 Å². The molecule has 16 heavy (non-hydrogen) atoms. The average molecular weight is 239 g/mol. The second-order valence-electron chi connectivity index (χ2n) is 2.94. The molecule has 0 bridgehead atoms. The number of pyridine rings is 1. The Morgan fingerprint density at radius 3 is 2.44 bits per heavy atom. The smallest absolute Gasteiger partial charge is 0.478 e. The van der Waals surface area contributed by atoms with Gasteiger partial charge in [-0.1, -0.05) is 0 Å². The lowest BCUT2D eigenvalue weighted by atomic mass is 10.1. The first-order chi connectivity index (χ1) is 7.39. The van der Waals surface area contributed by atoms with Crippen LogP contribution in [0, 0.1) is 6.92 Å². The number of hydrogen-bond acceptors (Lipinski definition) is 3. The Bertz CT molecular complexity index is 379. The fourth-order valence-electron chi connectivity index (χ4n) is 1.13. The van der Waals surface area contributed by atoms with E-state index in [4.69, 9.17) is 0 Å². The highest BCUT2D eigenvalue weighted by Crippen LogP contribution is 2.35. The molecule has 3 nitrogen and oxygen atoms in total. The van der Waals surface area contributed by atoms with Crippen molar-refractivity contribution in [2.24, 2.45) is 0 Å². The summed E-state index contributed by atoms with van der Waals surface area (Å²) in [4.78, 5) is 3.58. The van der Waals surface area contributed by atoms with Gasteiger partial charge in [0.05, 0.1) is 7.11 Å². The van der Waals surface area contributed by atoms with Crippen molar-refractivity contribution in [3.05, 3.63) is 17.3 Å². The molecular weight excluding hydrogens is 230 g/mol. The van der Waals surface area contributed by atoms with Crippen molar-refractivity contribution in [1.82, 2.24) is 4.98 Å². The molecule has 1 heterocycles. The molecule has 0 saturated carbocycles. The van der Waals surface area contributed by atoms with Crippen molar-refractivity contribution < 1.29 is 27.0 Å². The minimum Gasteiger partial charge on any atom is -0.478 e. The molecule has 0 N–H and O–H groups in total. The highest BCUT2D eigenvalue weighted by atomic mass is 19.4. The number of hydrogen-bond donors (Lipinski definition) is 0. The second kappa shape index (κ2) is 4.54. The number of alkyl halides is 4. The van der Waals surface area contributed by atoms with E-state index in [9.17, 15) is 17.6 Å². The standard InChI is InChI=1S/C9H9F4NO2/c1-5-4-14-8(15-2)7(6(5)3-10)16-9(11,12)13/h4H,3H2,1-2H3. The van der Waals surface area contributed by atoms with E-state index >= 15 is 0 Å². The van der Waals surface area contributed by atoms with Crippen molar-refractivity contribution in [2.45, 2.75) is 20.0 Å². The monoisotopic (exact) mass is 239 g/mol. The summed E-state index contributed by atoms with van der Waals surface area (Å²) in [7, 11) is 1.13. The molecular formula is C9H9F4NO2. The predicted molar refractivity (Wildman–Crippen MR) is 47.0 cm³/mol. The third-order valence-electron chi connectivity index (χ3n) is 1.86. The zero-order valence-corrected chi connectivity index (χ0v) is 8.56. The number of aromatic nitrogens is 1. The van der Waals surface area contributed by atoms with E-state index in [-0.39, 0.29) is 11.1 Å². The summed E-state index contributed by atoms with van der Waals surface area (Å²) in [5.41, 5.74) is 0.0479. The molecule has 1 aromatic rings. The predicted octanol–water partition coefficient (Wildman–Crippen LogP) is 2.77. The molecule has 90 valence electrons. The quantitative estimate of drug-likeness (QED) is 0.760. The van der Waals surface area contributed by atoms with E-state index in [0.29, 0.717) is 0 Å². The van der Waals surface area contributed by atoms with Crippen molar-refractivity contribution in [1.29, 1.82) is 0 Å². The molecule has 0 aromatic carbocycles. The molecule has 0 aliphatic rings. The van der Waals surface area contributed by atoms with Crippen LogP contribution in [0.4, 0.5) is 17.6 Å². The van der Waals surface area contributed by atoms with Crippen LogP contribution in [0.1, 0.15) is 11.1 Å². The Morgan fingerprint density at radius 1 is 1.38 bits per heavy atom. The molecule has 0 aliphatic carbocycles. The third-order valence-corrected chi connectivity index (χ3v) is 1.86. The van der Waals surface area contributed by atoms with Crippen molar-refractivity contribution in [3.8, 4) is 11.6 Å². The molecule has 0 radical (unpaired) electrons. The molecule has 1 rings (SSSR count). The zero-order chi connectivity index (χ0) is 12.3. The maximum atomic E-state index is 12.6. The van der Waals surface area contributed by atoms with Gasteiger partial charge < -0.3 is 9.47 Å². The van der Waals surface area contributed by atoms with E-state index in [1.165, 1.54) is 13.1 Å². The first-order valence-electron chi connectivity index (χ1n) is 4.23. The van der Waals surface area contributed by atoms with Crippen LogP contribution in [0.2, 0.25) is 0 Å². The van der Waals surface area contributed by atoms with Gasteiger partial charge in [0.25, 0.3) is 5.88 Å². The highest BCUT2D eigenvalue weighted by Gasteiger charge is 2.34. The van der Waals surface area contributed by atoms with E-state index in [0.717, 1.165) is 7.11 Å². The van der Waals surface area contributed by atoms with Gasteiger partial charge in [-0.15, -0.1) is 13.2 Å². The number of halogens is 4. The van der Waals surface area contributed by atoms with Crippen molar-refractivity contribution in [3.63, 3.8) is 0 Å². The van der Waals surface area contributed by atoms with Gasteiger partial charge in [-0.3, -0.25) is 0 Å². The summed E-state index contributed by atoms with van der Waals surface area (Å²) < 4.78 is 57.1. The SMILES string of the molecule is COc1ncc(C)c(CF)c1OC(F)(F)F. The number of nitrogens with zero attached hydrogens (tertiary/aromatic N) is 1. The third kappa shape index (κ3) is 2.74. The number of aryl methyl sites for hydroxylation is 1. The lowest BCUT2D eigenvalue weighted by Gasteiger charge is -2.15. The molecule has 0 atom stereocenters. The van der Waals surface area contributed by atoms with Crippen LogP contribution in [0.5, 0.6) is 11.6 Å². The minimum atomic E-state index is -4.91. The molecule has 0 spiro atoms.